The summed E-state index contributed by atoms with van der Waals surface area (Å²) in [5.74, 6) is -0.0811. The molecule has 7 N–H and O–H groups in total. The second-order valence-corrected chi connectivity index (χ2v) is 13.5. The van der Waals surface area contributed by atoms with Gasteiger partial charge in [0.25, 0.3) is 0 Å². The van der Waals surface area contributed by atoms with Gasteiger partial charge in [-0.15, -0.1) is 0 Å². The summed E-state index contributed by atoms with van der Waals surface area (Å²) in [6, 6.07) is -0.913. The summed E-state index contributed by atoms with van der Waals surface area (Å²) in [6.07, 6.45) is 4.84. The van der Waals surface area contributed by atoms with Crippen molar-refractivity contribution in [2.24, 2.45) is 3.39 Å². The van der Waals surface area contributed by atoms with Gasteiger partial charge < -0.3 is 10.6 Å². The number of amides is 3. The quantitative estimate of drug-likeness (QED) is 0.0262. The molecule has 0 aliphatic carbocycles. The summed E-state index contributed by atoms with van der Waals surface area (Å²) >= 11 is 1.41. The molecule has 1 saturated heterocycles. The van der Waals surface area contributed by atoms with Crippen molar-refractivity contribution < 1.29 is 19.5 Å². The predicted octanol–water partition coefficient (Wildman–Crippen LogP) is 1.88. The fourth-order valence-corrected chi connectivity index (χ4v) is 7.27. The number of alkyl halides is 1. The minimum absolute atomic E-state index is 0.00127. The Labute approximate surface area is 227 Å². The van der Waals surface area contributed by atoms with Crippen LogP contribution in [-0.2, 0) is 9.59 Å². The zero-order valence-corrected chi connectivity index (χ0v) is 24.4. The average molecular weight is 729 g/mol. The van der Waals surface area contributed by atoms with Gasteiger partial charge in [-0.05, 0) is 0 Å². The van der Waals surface area contributed by atoms with E-state index in [-0.39, 0.29) is 11.9 Å². The molecule has 3 amide bonds. The third-order valence-corrected chi connectivity index (χ3v) is 9.97. The molecule has 0 radical (unpaired) electrons. The van der Waals surface area contributed by atoms with Gasteiger partial charge in [0, 0.05) is 24.1 Å². The number of hydrogen-bond acceptors (Lipinski definition) is 9. The van der Waals surface area contributed by atoms with E-state index in [0.29, 0.717) is 61.7 Å². The zero-order chi connectivity index (χ0) is 25.0. The first-order valence-electron chi connectivity index (χ1n) is 11.4. The molecule has 1 aliphatic rings. The summed E-state index contributed by atoms with van der Waals surface area (Å²) < 4.78 is 9.42. The van der Waals surface area contributed by atoms with Gasteiger partial charge in [0.1, 0.15) is 0 Å². The second kappa shape index (κ2) is 20.7. The van der Waals surface area contributed by atoms with Gasteiger partial charge in [0.2, 0.25) is 0 Å². The van der Waals surface area contributed by atoms with Crippen molar-refractivity contribution in [3.05, 3.63) is 4.91 Å². The molecule has 198 valence electrons. The molecule has 0 saturated carbocycles. The fraction of sp³-hybridized carbons (Fsp3) is 0.842. The maximum absolute atomic E-state index is 12.0. The van der Waals surface area contributed by atoms with E-state index in [1.807, 2.05) is 34.6 Å². The van der Waals surface area contributed by atoms with Crippen LogP contribution in [0.4, 0.5) is 4.79 Å². The summed E-state index contributed by atoms with van der Waals surface area (Å²) in [7, 11) is 0. The number of aliphatic carboxylic acids is 1. The first kappa shape index (κ1) is 31.5. The Morgan fingerprint density at radius 3 is 2.76 bits per heavy atom. The number of urea groups is 1. The van der Waals surface area contributed by atoms with Gasteiger partial charge in [0.15, 0.2) is 0 Å². The number of carbonyl (C=O) groups excluding carboxylic acids is 2. The van der Waals surface area contributed by atoms with Gasteiger partial charge >= 0.3 is 177 Å². The van der Waals surface area contributed by atoms with E-state index in [0.717, 1.165) is 31.6 Å². The van der Waals surface area contributed by atoms with Crippen molar-refractivity contribution in [2.45, 2.75) is 56.2 Å². The predicted molar refractivity (Wildman–Crippen MR) is 152 cm³/mol. The van der Waals surface area contributed by atoms with Crippen LogP contribution in [0.3, 0.4) is 0 Å². The van der Waals surface area contributed by atoms with E-state index in [2.05, 4.69) is 31.7 Å². The third kappa shape index (κ3) is 16.2. The van der Waals surface area contributed by atoms with Crippen molar-refractivity contribution in [1.29, 1.82) is 0 Å². The number of hydrogen-bond donors (Lipinski definition) is 7. The Morgan fingerprint density at radius 1 is 1.21 bits per heavy atom. The van der Waals surface area contributed by atoms with Gasteiger partial charge in [-0.25, -0.2) is 4.79 Å². The van der Waals surface area contributed by atoms with Crippen LogP contribution in [0.5, 0.6) is 0 Å². The Balaban J connectivity index is 2.12. The summed E-state index contributed by atoms with van der Waals surface area (Å²) in [4.78, 5) is 46.0. The summed E-state index contributed by atoms with van der Waals surface area (Å²) in [5, 5.41) is 21.4. The van der Waals surface area contributed by atoms with E-state index >= 15 is 0 Å². The number of nitrogens with one attached hydrogen (secondary N) is 6. The number of nitroso groups, excluding NO2 is 1. The molecule has 0 aromatic rings. The van der Waals surface area contributed by atoms with Crippen LogP contribution in [0, 0.1) is 4.91 Å². The maximum atomic E-state index is 12.0. The molecule has 1 heterocycles. The van der Waals surface area contributed by atoms with Crippen molar-refractivity contribution >= 4 is 72.9 Å². The topological polar surface area (TPSA) is 173 Å². The molecule has 34 heavy (non-hydrogen) atoms. The molecular formula is C19H37I2N7O5S. The third-order valence-electron chi connectivity index (χ3n) is 4.91. The number of thioether (sulfide) groups is 1. The number of nitrogens with zero attached hydrogens (tertiary/aromatic N) is 1. The molecule has 1 rings (SSSR count). The molecule has 1 fully saturated rings. The Kier molecular flexibility index (Phi) is 19.2. The number of halogens is 2. The van der Waals surface area contributed by atoms with E-state index in [9.17, 15) is 24.4 Å². The molecule has 0 aromatic carbocycles. The van der Waals surface area contributed by atoms with Crippen LogP contribution in [0.15, 0.2) is 3.39 Å². The summed E-state index contributed by atoms with van der Waals surface area (Å²) in [6.45, 7) is 3.24. The van der Waals surface area contributed by atoms with Crippen molar-refractivity contribution in [1.82, 2.24) is 28.3 Å². The molecule has 1 aliphatic heterocycles. The van der Waals surface area contributed by atoms with Crippen molar-refractivity contribution in [3.63, 3.8) is 0 Å². The van der Waals surface area contributed by atoms with Crippen LogP contribution in [-0.4, -0.2) is 77.3 Å². The van der Waals surface area contributed by atoms with E-state index in [1.165, 1.54) is 0 Å². The van der Waals surface area contributed by atoms with Gasteiger partial charge in [-0.1, -0.05) is 0 Å². The van der Waals surface area contributed by atoms with Gasteiger partial charge in [-0.3, -0.25) is 0 Å². The SMILES string of the molecule is O=NI(CNCCNI)NC(CCCCNC(=O)CCCCC1CNC(=O)NCCS1)C(=O)O. The number of carbonyl (C=O) groups is 3. The number of rotatable bonds is 19. The summed E-state index contributed by atoms with van der Waals surface area (Å²) in [5.41, 5.74) is 0. The van der Waals surface area contributed by atoms with Crippen LogP contribution >= 0.6 is 55.0 Å². The molecular weight excluding hydrogens is 692 g/mol. The Bertz CT molecular complexity index is 624. The van der Waals surface area contributed by atoms with Crippen LogP contribution in [0.2, 0.25) is 0 Å². The van der Waals surface area contributed by atoms with E-state index in [4.69, 9.17) is 0 Å². The van der Waals surface area contributed by atoms with Crippen LogP contribution in [0.25, 0.3) is 0 Å². The number of carboxylic acids is 1. The second-order valence-electron chi connectivity index (χ2n) is 7.64. The fourth-order valence-electron chi connectivity index (χ4n) is 3.10. The average Bonchev–Trinajstić information content (AvgIpc) is 2.81. The molecule has 2 unspecified atom stereocenters. The Hall–Kier alpha value is -0.500. The first-order valence-corrected chi connectivity index (χ1v) is 17.1. The first-order chi connectivity index (χ1) is 16.5. The molecule has 0 bridgehead atoms. The Morgan fingerprint density at radius 2 is 2.03 bits per heavy atom. The number of unbranched alkanes of at least 4 members (excludes halogenated alkanes) is 2. The standard InChI is InChI=1S/C19H37I2N7O5S/c20-26-10-9-22-14-21(28-33)27-16(18(30)31)6-3-4-8-23-17(29)7-2-1-5-15-13-25-19(32)24-11-12-34-15/h15-16,22,26-27H,1-14H2,(H,23,29)(H,30,31)(H2,24,25,32). The van der Waals surface area contributed by atoms with Crippen molar-refractivity contribution in [3.8, 4) is 0 Å². The number of carboxylic acid groups (broad SMARTS) is 1. The van der Waals surface area contributed by atoms with Gasteiger partial charge in [-0.2, -0.15) is 11.8 Å². The molecule has 15 heteroatoms. The molecule has 0 spiro atoms. The van der Waals surface area contributed by atoms with Crippen molar-refractivity contribution in [2.75, 3.05) is 43.0 Å². The zero-order valence-electron chi connectivity index (χ0n) is 19.2. The van der Waals surface area contributed by atoms with E-state index < -0.39 is 32.4 Å². The van der Waals surface area contributed by atoms with Gasteiger partial charge in [0.05, 0.1) is 0 Å². The van der Waals surface area contributed by atoms with Crippen LogP contribution < -0.4 is 28.3 Å². The normalized spacial score (nSPS) is 17.5. The monoisotopic (exact) mass is 729 g/mol. The minimum atomic E-state index is -2.46. The molecule has 12 nitrogen and oxygen atoms in total. The molecule has 0 aromatic heterocycles. The molecule has 2 atom stereocenters. The van der Waals surface area contributed by atoms with Crippen LogP contribution in [0.1, 0.15) is 44.9 Å². The van der Waals surface area contributed by atoms with E-state index in [1.54, 1.807) is 0 Å².